The molecule has 2 aromatic carbocycles. The van der Waals surface area contributed by atoms with Gasteiger partial charge in [-0.15, -0.1) is 0 Å². The highest BCUT2D eigenvalue weighted by Gasteiger charge is 2.17. The molecule has 0 fully saturated rings. The van der Waals surface area contributed by atoms with Gasteiger partial charge in [0.05, 0.1) is 26.4 Å². The molecule has 0 spiro atoms. The van der Waals surface area contributed by atoms with Crippen LogP contribution in [0.3, 0.4) is 0 Å². The first-order valence-corrected chi connectivity index (χ1v) is 8.77. The van der Waals surface area contributed by atoms with Crippen LogP contribution in [-0.2, 0) is 11.3 Å². The fourth-order valence-corrected chi connectivity index (χ4v) is 3.01. The second kappa shape index (κ2) is 8.75. The third kappa shape index (κ3) is 4.26. The molecule has 1 heterocycles. The number of hydrogen-bond donors (Lipinski definition) is 1. The molecule has 8 heteroatoms. The van der Waals surface area contributed by atoms with E-state index in [1.165, 1.54) is 13.2 Å². The van der Waals surface area contributed by atoms with E-state index in [0.717, 1.165) is 11.1 Å². The van der Waals surface area contributed by atoms with Crippen LogP contribution in [0.4, 0.5) is 0 Å². The fraction of sp³-hybridized carbons (Fsp3) is 0.250. The number of carbonyl (C=O) groups is 1. The second-order valence-corrected chi connectivity index (χ2v) is 6.23. The zero-order valence-corrected chi connectivity index (χ0v) is 16.5. The van der Waals surface area contributed by atoms with Crippen LogP contribution in [0, 0.1) is 0 Å². The van der Waals surface area contributed by atoms with E-state index in [2.05, 4.69) is 5.32 Å². The fourth-order valence-electron chi connectivity index (χ4n) is 2.74. The molecule has 0 radical (unpaired) electrons. The van der Waals surface area contributed by atoms with Crippen LogP contribution in [-0.4, -0.2) is 34.0 Å². The van der Waals surface area contributed by atoms with E-state index in [0.29, 0.717) is 40.3 Å². The number of methoxy groups -OCH3 is 3. The van der Waals surface area contributed by atoms with Crippen molar-refractivity contribution in [3.63, 3.8) is 0 Å². The summed E-state index contributed by atoms with van der Waals surface area (Å²) in [6.45, 7) is 0.430. The van der Waals surface area contributed by atoms with Gasteiger partial charge < -0.3 is 29.0 Å². The predicted molar refractivity (Wildman–Crippen MR) is 105 cm³/mol. The number of ether oxygens (including phenoxy) is 5. The molecule has 1 aliphatic rings. The smallest absolute Gasteiger partial charge is 0.244 e. The first-order valence-electron chi connectivity index (χ1n) is 8.39. The van der Waals surface area contributed by atoms with E-state index in [9.17, 15) is 4.79 Å². The summed E-state index contributed by atoms with van der Waals surface area (Å²) in [4.78, 5) is 12.2. The van der Waals surface area contributed by atoms with Crippen LogP contribution in [0.2, 0.25) is 5.02 Å². The van der Waals surface area contributed by atoms with E-state index in [1.54, 1.807) is 44.6 Å². The topological polar surface area (TPSA) is 75.3 Å². The molecular formula is C20H20ClNO6. The van der Waals surface area contributed by atoms with Crippen LogP contribution >= 0.6 is 11.6 Å². The van der Waals surface area contributed by atoms with Gasteiger partial charge in [0.1, 0.15) is 0 Å². The molecule has 0 aromatic heterocycles. The number of nitrogens with one attached hydrogen (secondary N) is 1. The molecule has 0 aliphatic carbocycles. The Morgan fingerprint density at radius 1 is 1.11 bits per heavy atom. The minimum Gasteiger partial charge on any atom is -0.493 e. The second-order valence-electron chi connectivity index (χ2n) is 5.82. The number of benzene rings is 2. The number of carbonyl (C=O) groups excluding carboxylic acids is 1. The Morgan fingerprint density at radius 3 is 2.46 bits per heavy atom. The Kier molecular flexibility index (Phi) is 6.16. The Balaban J connectivity index is 1.66. The van der Waals surface area contributed by atoms with E-state index < -0.39 is 0 Å². The lowest BCUT2D eigenvalue weighted by atomic mass is 10.1. The highest BCUT2D eigenvalue weighted by atomic mass is 35.5. The third-order valence-electron chi connectivity index (χ3n) is 4.07. The lowest BCUT2D eigenvalue weighted by Gasteiger charge is -2.14. The summed E-state index contributed by atoms with van der Waals surface area (Å²) in [7, 11) is 4.62. The molecule has 148 valence electrons. The molecule has 7 nitrogen and oxygen atoms in total. The van der Waals surface area contributed by atoms with E-state index in [-0.39, 0.29) is 12.7 Å². The van der Waals surface area contributed by atoms with Crippen molar-refractivity contribution in [3.05, 3.63) is 46.5 Å². The van der Waals surface area contributed by atoms with Crippen molar-refractivity contribution in [2.24, 2.45) is 0 Å². The molecule has 2 aromatic rings. The monoisotopic (exact) mass is 405 g/mol. The number of rotatable bonds is 7. The highest BCUT2D eigenvalue weighted by molar-refractivity contribution is 6.32. The van der Waals surface area contributed by atoms with E-state index in [4.69, 9.17) is 35.3 Å². The normalized spacial score (nSPS) is 12.1. The lowest BCUT2D eigenvalue weighted by molar-refractivity contribution is -0.116. The molecule has 0 saturated heterocycles. The summed E-state index contributed by atoms with van der Waals surface area (Å²) < 4.78 is 26.5. The molecule has 0 unspecified atom stereocenters. The van der Waals surface area contributed by atoms with Crippen molar-refractivity contribution in [2.75, 3.05) is 28.1 Å². The molecule has 0 atom stereocenters. The van der Waals surface area contributed by atoms with Gasteiger partial charge in [0, 0.05) is 12.6 Å². The van der Waals surface area contributed by atoms with Gasteiger partial charge in [-0.05, 0) is 41.5 Å². The highest BCUT2D eigenvalue weighted by Crippen LogP contribution is 2.40. The summed E-state index contributed by atoms with van der Waals surface area (Å²) >= 11 is 6.14. The summed E-state index contributed by atoms with van der Waals surface area (Å²) in [5.74, 6) is 2.37. The van der Waals surface area contributed by atoms with E-state index in [1.807, 2.05) is 0 Å². The quantitative estimate of drug-likeness (QED) is 0.711. The molecule has 1 amide bonds. The maximum Gasteiger partial charge on any atom is 0.244 e. The Hall–Kier alpha value is -3.06. The van der Waals surface area contributed by atoms with Gasteiger partial charge in [0.2, 0.25) is 18.4 Å². The maximum absolute atomic E-state index is 12.2. The first-order chi connectivity index (χ1) is 13.5. The van der Waals surface area contributed by atoms with Crippen molar-refractivity contribution < 1.29 is 28.5 Å². The number of halogens is 1. The van der Waals surface area contributed by atoms with Gasteiger partial charge in [0.25, 0.3) is 0 Å². The summed E-state index contributed by atoms with van der Waals surface area (Å²) in [6.07, 6.45) is 3.07. The van der Waals surface area contributed by atoms with Crippen LogP contribution in [0.1, 0.15) is 11.1 Å². The average molecular weight is 406 g/mol. The first kappa shape index (κ1) is 19.7. The molecule has 3 rings (SSSR count). The van der Waals surface area contributed by atoms with Crippen molar-refractivity contribution in [1.29, 1.82) is 0 Å². The summed E-state index contributed by atoms with van der Waals surface area (Å²) in [5, 5.41) is 3.25. The number of amides is 1. The molecule has 0 bridgehead atoms. The predicted octanol–water partition coefficient (Wildman–Crippen LogP) is 3.42. The van der Waals surface area contributed by atoms with Gasteiger partial charge in [-0.25, -0.2) is 0 Å². The number of fused-ring (bicyclic) bond motifs is 1. The van der Waals surface area contributed by atoms with Crippen LogP contribution in [0.5, 0.6) is 28.7 Å². The standard InChI is InChI=1S/C20H20ClNO6/c1-24-15-8-13(9-16(25-2)20(15)26-3)10-22-18(23)5-4-12-6-14(21)19-17(7-12)27-11-28-19/h4-9H,10-11H2,1-3H3,(H,22,23)/b5-4+. The molecule has 28 heavy (non-hydrogen) atoms. The maximum atomic E-state index is 12.2. The number of hydrogen-bond acceptors (Lipinski definition) is 6. The lowest BCUT2D eigenvalue weighted by Crippen LogP contribution is -2.20. The van der Waals surface area contributed by atoms with Crippen LogP contribution in [0.15, 0.2) is 30.3 Å². The zero-order valence-electron chi connectivity index (χ0n) is 15.7. The van der Waals surface area contributed by atoms with Crippen molar-refractivity contribution in [2.45, 2.75) is 6.54 Å². The van der Waals surface area contributed by atoms with Gasteiger partial charge >= 0.3 is 0 Å². The van der Waals surface area contributed by atoms with Crippen molar-refractivity contribution in [3.8, 4) is 28.7 Å². The van der Waals surface area contributed by atoms with Gasteiger partial charge in [-0.3, -0.25) is 4.79 Å². The Morgan fingerprint density at radius 2 is 1.82 bits per heavy atom. The minimum atomic E-state index is -0.262. The van der Waals surface area contributed by atoms with Crippen molar-refractivity contribution in [1.82, 2.24) is 5.32 Å². The molecule has 0 saturated carbocycles. The molecule has 1 aliphatic heterocycles. The average Bonchev–Trinajstić information content (AvgIpc) is 3.19. The minimum absolute atomic E-state index is 0.136. The van der Waals surface area contributed by atoms with Gasteiger partial charge in [0.15, 0.2) is 23.0 Å². The largest absolute Gasteiger partial charge is 0.493 e. The van der Waals surface area contributed by atoms with E-state index >= 15 is 0 Å². The summed E-state index contributed by atoms with van der Waals surface area (Å²) in [5.41, 5.74) is 1.54. The molecular weight excluding hydrogens is 386 g/mol. The Labute approximate surface area is 167 Å². The van der Waals surface area contributed by atoms with Gasteiger partial charge in [-0.2, -0.15) is 0 Å². The van der Waals surface area contributed by atoms with Crippen molar-refractivity contribution >= 4 is 23.6 Å². The SMILES string of the molecule is COc1cc(CNC(=O)/C=C/c2cc(Cl)c3c(c2)OCO3)cc(OC)c1OC. The van der Waals surface area contributed by atoms with Crippen LogP contribution in [0.25, 0.3) is 6.08 Å². The van der Waals surface area contributed by atoms with Gasteiger partial charge in [-0.1, -0.05) is 11.6 Å². The summed E-state index contributed by atoms with van der Waals surface area (Å²) in [6, 6.07) is 7.03. The zero-order chi connectivity index (χ0) is 20.1. The molecule has 1 N–H and O–H groups in total. The Bertz CT molecular complexity index is 887. The third-order valence-corrected chi connectivity index (χ3v) is 4.35. The van der Waals surface area contributed by atoms with Crippen LogP contribution < -0.4 is 29.0 Å².